The predicted molar refractivity (Wildman–Crippen MR) is 84.1 cm³/mol. The Bertz CT molecular complexity index is 460. The smallest absolute Gasteiger partial charge is 0.315 e. The first-order valence-corrected chi connectivity index (χ1v) is 8.08. The van der Waals surface area contributed by atoms with Crippen molar-refractivity contribution in [3.63, 3.8) is 0 Å². The zero-order chi connectivity index (χ0) is 15.8. The van der Waals surface area contributed by atoms with E-state index in [2.05, 4.69) is 10.6 Å². The van der Waals surface area contributed by atoms with Gasteiger partial charge in [0.25, 0.3) is 0 Å². The molecule has 22 heavy (non-hydrogen) atoms. The molecule has 1 unspecified atom stereocenters. The van der Waals surface area contributed by atoms with Crippen LogP contribution in [0.2, 0.25) is 0 Å². The standard InChI is InChI=1S/C17H25FN2O2/c1-2-22-12-4-11-19-17(21)20-16(13-5-3-6-13)14-7-9-15(18)10-8-14/h7-10,13,16H,2-6,11-12H2,1H3,(H2,19,20,21). The summed E-state index contributed by atoms with van der Waals surface area (Å²) < 4.78 is 18.3. The summed E-state index contributed by atoms with van der Waals surface area (Å²) >= 11 is 0. The van der Waals surface area contributed by atoms with Crippen molar-refractivity contribution in [1.29, 1.82) is 0 Å². The lowest BCUT2D eigenvalue weighted by Crippen LogP contribution is -2.42. The average Bonchev–Trinajstić information content (AvgIpc) is 2.45. The van der Waals surface area contributed by atoms with Crippen molar-refractivity contribution in [2.45, 2.75) is 38.6 Å². The van der Waals surface area contributed by atoms with Gasteiger partial charge in [-0.1, -0.05) is 18.6 Å². The molecule has 1 aromatic carbocycles. The van der Waals surface area contributed by atoms with Crippen LogP contribution in [0.5, 0.6) is 0 Å². The Morgan fingerprint density at radius 2 is 2.09 bits per heavy atom. The number of hydrogen-bond acceptors (Lipinski definition) is 2. The number of carbonyl (C=O) groups is 1. The fourth-order valence-electron chi connectivity index (χ4n) is 2.63. The minimum atomic E-state index is -0.253. The Morgan fingerprint density at radius 3 is 2.68 bits per heavy atom. The normalized spacial score (nSPS) is 15.9. The topological polar surface area (TPSA) is 50.4 Å². The van der Waals surface area contributed by atoms with Crippen LogP contribution in [-0.4, -0.2) is 25.8 Å². The van der Waals surface area contributed by atoms with Crippen LogP contribution in [0.1, 0.15) is 44.2 Å². The van der Waals surface area contributed by atoms with Gasteiger partial charge >= 0.3 is 6.03 Å². The summed E-state index contributed by atoms with van der Waals surface area (Å²) in [5.41, 5.74) is 0.968. The highest BCUT2D eigenvalue weighted by atomic mass is 19.1. The van der Waals surface area contributed by atoms with Gasteiger partial charge in [-0.2, -0.15) is 0 Å². The van der Waals surface area contributed by atoms with Crippen LogP contribution in [0.3, 0.4) is 0 Å². The van der Waals surface area contributed by atoms with Crippen LogP contribution in [0.25, 0.3) is 0 Å². The molecule has 2 rings (SSSR count). The third-order valence-corrected chi connectivity index (χ3v) is 4.09. The Hall–Kier alpha value is -1.62. The van der Waals surface area contributed by atoms with Crippen molar-refractivity contribution in [2.24, 2.45) is 5.92 Å². The fourth-order valence-corrected chi connectivity index (χ4v) is 2.63. The number of amides is 2. The van der Waals surface area contributed by atoms with Gasteiger partial charge in [0.15, 0.2) is 0 Å². The quantitative estimate of drug-likeness (QED) is 0.723. The predicted octanol–water partition coefficient (Wildman–Crippen LogP) is 3.39. The van der Waals surface area contributed by atoms with Gasteiger partial charge in [0.2, 0.25) is 0 Å². The minimum absolute atomic E-state index is 0.0405. The fraction of sp³-hybridized carbons (Fsp3) is 0.588. The lowest BCUT2D eigenvalue weighted by molar-refractivity contribution is 0.144. The first-order chi connectivity index (χ1) is 10.7. The molecule has 1 aromatic rings. The minimum Gasteiger partial charge on any atom is -0.382 e. The summed E-state index contributed by atoms with van der Waals surface area (Å²) in [6.07, 6.45) is 4.20. The second-order valence-electron chi connectivity index (χ2n) is 5.67. The van der Waals surface area contributed by atoms with E-state index >= 15 is 0 Å². The van der Waals surface area contributed by atoms with E-state index in [1.54, 1.807) is 12.1 Å². The van der Waals surface area contributed by atoms with Crippen LogP contribution in [0, 0.1) is 11.7 Å². The van der Waals surface area contributed by atoms with E-state index in [4.69, 9.17) is 4.74 Å². The molecule has 4 nitrogen and oxygen atoms in total. The summed E-state index contributed by atoms with van der Waals surface area (Å²) in [4.78, 5) is 12.0. The maximum Gasteiger partial charge on any atom is 0.315 e. The third kappa shape index (κ3) is 4.98. The van der Waals surface area contributed by atoms with Crippen molar-refractivity contribution < 1.29 is 13.9 Å². The highest BCUT2D eigenvalue weighted by molar-refractivity contribution is 5.74. The summed E-state index contributed by atoms with van der Waals surface area (Å²) in [7, 11) is 0. The van der Waals surface area contributed by atoms with E-state index in [0.29, 0.717) is 25.7 Å². The second kappa shape index (κ2) is 8.73. The number of ether oxygens (including phenoxy) is 1. The van der Waals surface area contributed by atoms with Crippen LogP contribution < -0.4 is 10.6 Å². The molecule has 122 valence electrons. The van der Waals surface area contributed by atoms with Crippen molar-refractivity contribution in [3.8, 4) is 0 Å². The molecule has 1 aliphatic carbocycles. The molecule has 5 heteroatoms. The summed E-state index contributed by atoms with van der Waals surface area (Å²) in [6, 6.07) is 6.20. The number of nitrogens with one attached hydrogen (secondary N) is 2. The summed E-state index contributed by atoms with van der Waals surface area (Å²) in [6.45, 7) is 3.89. The van der Waals surface area contributed by atoms with E-state index in [9.17, 15) is 9.18 Å². The van der Waals surface area contributed by atoms with Crippen LogP contribution in [-0.2, 0) is 4.74 Å². The van der Waals surface area contributed by atoms with Gasteiger partial charge in [-0.3, -0.25) is 0 Å². The van der Waals surface area contributed by atoms with Gasteiger partial charge in [0, 0.05) is 19.8 Å². The zero-order valence-corrected chi connectivity index (χ0v) is 13.1. The summed E-state index contributed by atoms with van der Waals surface area (Å²) in [5.74, 6) is 0.191. The Kier molecular flexibility index (Phi) is 6.65. The van der Waals surface area contributed by atoms with Gasteiger partial charge < -0.3 is 15.4 Å². The molecule has 1 saturated carbocycles. The van der Waals surface area contributed by atoms with E-state index in [-0.39, 0.29) is 17.9 Å². The van der Waals surface area contributed by atoms with Crippen molar-refractivity contribution >= 4 is 6.03 Å². The highest BCUT2D eigenvalue weighted by Crippen LogP contribution is 2.37. The molecule has 1 fully saturated rings. The number of halogens is 1. The number of hydrogen-bond donors (Lipinski definition) is 2. The van der Waals surface area contributed by atoms with E-state index in [1.165, 1.54) is 18.6 Å². The average molecular weight is 308 g/mol. The Morgan fingerprint density at radius 1 is 1.36 bits per heavy atom. The van der Waals surface area contributed by atoms with Crippen LogP contribution in [0.4, 0.5) is 9.18 Å². The van der Waals surface area contributed by atoms with Crippen LogP contribution >= 0.6 is 0 Å². The van der Waals surface area contributed by atoms with E-state index in [1.807, 2.05) is 6.92 Å². The molecule has 0 heterocycles. The molecular weight excluding hydrogens is 283 g/mol. The maximum absolute atomic E-state index is 13.1. The zero-order valence-electron chi connectivity index (χ0n) is 13.1. The molecule has 0 aromatic heterocycles. The largest absolute Gasteiger partial charge is 0.382 e. The van der Waals surface area contributed by atoms with Crippen LogP contribution in [0.15, 0.2) is 24.3 Å². The Balaban J connectivity index is 1.84. The maximum atomic E-state index is 13.1. The van der Waals surface area contributed by atoms with Crippen molar-refractivity contribution in [3.05, 3.63) is 35.6 Å². The lowest BCUT2D eigenvalue weighted by Gasteiger charge is -2.34. The molecule has 0 bridgehead atoms. The number of benzene rings is 1. The molecule has 0 saturated heterocycles. The number of urea groups is 1. The molecule has 1 atom stereocenters. The second-order valence-corrected chi connectivity index (χ2v) is 5.67. The Labute approximate surface area is 131 Å². The first-order valence-electron chi connectivity index (χ1n) is 8.08. The van der Waals surface area contributed by atoms with Gasteiger partial charge in [-0.15, -0.1) is 0 Å². The SMILES string of the molecule is CCOCCCNC(=O)NC(c1ccc(F)cc1)C1CCC1. The third-order valence-electron chi connectivity index (χ3n) is 4.09. The lowest BCUT2D eigenvalue weighted by atomic mass is 9.77. The highest BCUT2D eigenvalue weighted by Gasteiger charge is 2.29. The monoisotopic (exact) mass is 308 g/mol. The van der Waals surface area contributed by atoms with Gasteiger partial charge in [0.05, 0.1) is 6.04 Å². The molecular formula is C17H25FN2O2. The van der Waals surface area contributed by atoms with Gasteiger partial charge in [-0.05, 0) is 49.8 Å². The molecule has 0 radical (unpaired) electrons. The molecule has 2 amide bonds. The first kappa shape index (κ1) is 16.7. The van der Waals surface area contributed by atoms with Gasteiger partial charge in [-0.25, -0.2) is 9.18 Å². The van der Waals surface area contributed by atoms with Crippen molar-refractivity contribution in [2.75, 3.05) is 19.8 Å². The molecule has 0 spiro atoms. The molecule has 2 N–H and O–H groups in total. The number of carbonyl (C=O) groups excluding carboxylic acids is 1. The number of rotatable bonds is 8. The molecule has 1 aliphatic rings. The van der Waals surface area contributed by atoms with E-state index < -0.39 is 0 Å². The van der Waals surface area contributed by atoms with E-state index in [0.717, 1.165) is 24.8 Å². The van der Waals surface area contributed by atoms with Crippen molar-refractivity contribution in [1.82, 2.24) is 10.6 Å². The molecule has 0 aliphatic heterocycles. The summed E-state index contributed by atoms with van der Waals surface area (Å²) in [5, 5.41) is 5.88. The van der Waals surface area contributed by atoms with Gasteiger partial charge in [0.1, 0.15) is 5.82 Å².